The predicted octanol–water partition coefficient (Wildman–Crippen LogP) is 4.96. The molecular formula is C28H27N5O3. The maximum Gasteiger partial charge on any atom is 0.255 e. The normalized spacial score (nSPS) is 10.4. The zero-order chi connectivity index (χ0) is 25.5. The molecule has 0 unspecified atom stereocenters. The van der Waals surface area contributed by atoms with Crippen LogP contribution in [0.5, 0.6) is 11.5 Å². The molecule has 5 N–H and O–H groups in total. The van der Waals surface area contributed by atoms with Crippen LogP contribution in [0.15, 0.2) is 85.1 Å². The quantitative estimate of drug-likeness (QED) is 0.251. The summed E-state index contributed by atoms with van der Waals surface area (Å²) in [5.41, 5.74) is 10.1. The van der Waals surface area contributed by atoms with Gasteiger partial charge in [0.05, 0.1) is 25.5 Å². The van der Waals surface area contributed by atoms with Crippen molar-refractivity contribution in [3.63, 3.8) is 0 Å². The van der Waals surface area contributed by atoms with E-state index < -0.39 is 0 Å². The van der Waals surface area contributed by atoms with E-state index in [4.69, 9.17) is 20.6 Å². The molecule has 36 heavy (non-hydrogen) atoms. The van der Waals surface area contributed by atoms with Crippen LogP contribution in [-0.4, -0.2) is 30.8 Å². The van der Waals surface area contributed by atoms with Crippen LogP contribution < -0.4 is 25.8 Å². The summed E-state index contributed by atoms with van der Waals surface area (Å²) in [6, 6.07) is 23.3. The third-order valence-electron chi connectivity index (χ3n) is 5.64. The van der Waals surface area contributed by atoms with Gasteiger partial charge in [0.25, 0.3) is 5.91 Å². The average Bonchev–Trinajstić information content (AvgIpc) is 2.92. The van der Waals surface area contributed by atoms with E-state index in [0.29, 0.717) is 51.9 Å². The summed E-state index contributed by atoms with van der Waals surface area (Å²) in [5, 5.41) is 15.0. The van der Waals surface area contributed by atoms with Crippen molar-refractivity contribution < 1.29 is 14.3 Å². The van der Waals surface area contributed by atoms with Gasteiger partial charge in [0.1, 0.15) is 17.3 Å². The number of anilines is 3. The molecular weight excluding hydrogens is 454 g/mol. The molecule has 0 bridgehead atoms. The van der Waals surface area contributed by atoms with Gasteiger partial charge in [-0.3, -0.25) is 10.2 Å². The molecule has 0 spiro atoms. The van der Waals surface area contributed by atoms with Gasteiger partial charge in [0.15, 0.2) is 0 Å². The molecule has 0 aliphatic carbocycles. The lowest BCUT2D eigenvalue weighted by atomic mass is 10.00. The van der Waals surface area contributed by atoms with E-state index in [2.05, 4.69) is 15.6 Å². The first-order valence-electron chi connectivity index (χ1n) is 11.2. The predicted molar refractivity (Wildman–Crippen MR) is 142 cm³/mol. The zero-order valence-electron chi connectivity index (χ0n) is 20.0. The van der Waals surface area contributed by atoms with E-state index in [9.17, 15) is 4.79 Å². The minimum Gasteiger partial charge on any atom is -0.497 e. The van der Waals surface area contributed by atoms with E-state index in [1.165, 1.54) is 0 Å². The number of nitrogens with zero attached hydrogens (tertiary/aromatic N) is 1. The van der Waals surface area contributed by atoms with Gasteiger partial charge in [-0.2, -0.15) is 0 Å². The lowest BCUT2D eigenvalue weighted by Crippen LogP contribution is -2.14. The van der Waals surface area contributed by atoms with Crippen LogP contribution in [0.3, 0.4) is 0 Å². The summed E-state index contributed by atoms with van der Waals surface area (Å²) in [7, 11) is 3.20. The number of nitrogen functional groups attached to an aromatic ring is 1. The second kappa shape index (κ2) is 11.1. The molecule has 1 heterocycles. The van der Waals surface area contributed by atoms with Gasteiger partial charge in [-0.15, -0.1) is 0 Å². The molecule has 0 aliphatic heterocycles. The van der Waals surface area contributed by atoms with Gasteiger partial charge in [-0.1, -0.05) is 30.3 Å². The second-order valence-electron chi connectivity index (χ2n) is 7.93. The molecule has 4 rings (SSSR count). The Morgan fingerprint density at radius 1 is 0.944 bits per heavy atom. The number of nitrogens with two attached hydrogens (primary N) is 1. The monoisotopic (exact) mass is 481 g/mol. The van der Waals surface area contributed by atoms with E-state index in [1.54, 1.807) is 50.7 Å². The fourth-order valence-corrected chi connectivity index (χ4v) is 3.71. The molecule has 0 saturated heterocycles. The highest BCUT2D eigenvalue weighted by Crippen LogP contribution is 2.28. The van der Waals surface area contributed by atoms with Gasteiger partial charge in [0.2, 0.25) is 0 Å². The smallest absolute Gasteiger partial charge is 0.255 e. The van der Waals surface area contributed by atoms with Crippen molar-refractivity contribution in [1.82, 2.24) is 4.98 Å². The third kappa shape index (κ3) is 5.44. The highest BCUT2D eigenvalue weighted by atomic mass is 16.5. The van der Waals surface area contributed by atoms with Crippen molar-refractivity contribution in [3.8, 4) is 11.5 Å². The van der Waals surface area contributed by atoms with E-state index in [1.807, 2.05) is 48.5 Å². The van der Waals surface area contributed by atoms with Crippen LogP contribution >= 0.6 is 0 Å². The number of aromatic nitrogens is 1. The molecule has 0 saturated carbocycles. The number of pyridine rings is 1. The highest BCUT2D eigenvalue weighted by Gasteiger charge is 2.16. The molecule has 8 heteroatoms. The van der Waals surface area contributed by atoms with Crippen LogP contribution in [-0.2, 0) is 6.54 Å². The Kier molecular flexibility index (Phi) is 7.45. The molecule has 8 nitrogen and oxygen atoms in total. The molecule has 0 atom stereocenters. The first-order chi connectivity index (χ1) is 17.5. The first-order valence-corrected chi connectivity index (χ1v) is 11.2. The number of carbonyl (C=O) groups excluding carboxylic acids is 1. The van der Waals surface area contributed by atoms with Crippen molar-refractivity contribution >= 4 is 28.8 Å². The lowest BCUT2D eigenvalue weighted by Gasteiger charge is -2.16. The van der Waals surface area contributed by atoms with Gasteiger partial charge in [-0.05, 0) is 42.5 Å². The average molecular weight is 482 g/mol. The van der Waals surface area contributed by atoms with Crippen molar-refractivity contribution in [1.29, 1.82) is 5.41 Å². The van der Waals surface area contributed by atoms with E-state index in [-0.39, 0.29) is 11.6 Å². The Labute approximate surface area is 209 Å². The SMILES string of the molecule is COc1ccc(CNc2nccc(N)c2C(=N)c2ccc(C(=O)Nc3ccccc3)cc2)c(OC)c1. The van der Waals surface area contributed by atoms with Crippen molar-refractivity contribution in [3.05, 3.63) is 107 Å². The number of ether oxygens (including phenoxy) is 2. The minimum atomic E-state index is -0.226. The summed E-state index contributed by atoms with van der Waals surface area (Å²) in [4.78, 5) is 17.0. The molecule has 1 amide bonds. The number of rotatable bonds is 9. The summed E-state index contributed by atoms with van der Waals surface area (Å²) in [6.45, 7) is 0.405. The topological polar surface area (TPSA) is 122 Å². The van der Waals surface area contributed by atoms with Gasteiger partial charge in [0, 0.05) is 46.9 Å². The molecule has 0 aliphatic rings. The molecule has 0 fully saturated rings. The summed E-state index contributed by atoms with van der Waals surface area (Å²) in [6.07, 6.45) is 1.59. The standard InChI is InChI=1S/C28H27N5O3/c1-35-22-13-12-20(24(16-22)36-2)17-32-27-25(23(29)14-15-31-27)26(30)18-8-10-19(11-9-18)28(34)33-21-6-4-3-5-7-21/h3-16,30H,17H2,1-2H3,(H,33,34)(H3,29,31,32). The van der Waals surface area contributed by atoms with E-state index >= 15 is 0 Å². The maximum atomic E-state index is 12.6. The van der Waals surface area contributed by atoms with Gasteiger partial charge < -0.3 is 25.8 Å². The van der Waals surface area contributed by atoms with Crippen LogP contribution in [0.25, 0.3) is 0 Å². The largest absolute Gasteiger partial charge is 0.497 e. The summed E-state index contributed by atoms with van der Waals surface area (Å²) >= 11 is 0. The van der Waals surface area contributed by atoms with Gasteiger partial charge in [-0.25, -0.2) is 4.98 Å². The maximum absolute atomic E-state index is 12.6. The Balaban J connectivity index is 1.52. The number of nitrogens with one attached hydrogen (secondary N) is 3. The Morgan fingerprint density at radius 2 is 1.67 bits per heavy atom. The molecule has 1 aromatic heterocycles. The Morgan fingerprint density at radius 3 is 2.36 bits per heavy atom. The van der Waals surface area contributed by atoms with E-state index in [0.717, 1.165) is 5.56 Å². The van der Waals surface area contributed by atoms with Crippen LogP contribution in [0, 0.1) is 5.41 Å². The van der Waals surface area contributed by atoms with Crippen LogP contribution in [0.1, 0.15) is 27.0 Å². The van der Waals surface area contributed by atoms with Crippen LogP contribution in [0.2, 0.25) is 0 Å². The van der Waals surface area contributed by atoms with Crippen molar-refractivity contribution in [2.45, 2.75) is 6.54 Å². The number of carbonyl (C=O) groups is 1. The fraction of sp³-hybridized carbons (Fsp3) is 0.107. The number of methoxy groups -OCH3 is 2. The second-order valence-corrected chi connectivity index (χ2v) is 7.93. The lowest BCUT2D eigenvalue weighted by molar-refractivity contribution is 0.102. The fourth-order valence-electron chi connectivity index (χ4n) is 3.71. The van der Waals surface area contributed by atoms with Gasteiger partial charge >= 0.3 is 0 Å². The Bertz CT molecular complexity index is 1370. The number of amides is 1. The van der Waals surface area contributed by atoms with Crippen molar-refractivity contribution in [2.75, 3.05) is 30.6 Å². The van der Waals surface area contributed by atoms with Crippen LogP contribution in [0.4, 0.5) is 17.2 Å². The third-order valence-corrected chi connectivity index (χ3v) is 5.64. The van der Waals surface area contributed by atoms with Crippen molar-refractivity contribution in [2.24, 2.45) is 0 Å². The highest BCUT2D eigenvalue weighted by molar-refractivity contribution is 6.17. The zero-order valence-corrected chi connectivity index (χ0v) is 20.0. The molecule has 4 aromatic rings. The minimum absolute atomic E-state index is 0.194. The number of para-hydroxylation sites is 1. The molecule has 3 aromatic carbocycles. The number of hydrogen-bond donors (Lipinski definition) is 4. The Hall–Kier alpha value is -4.85. The number of benzene rings is 3. The molecule has 0 radical (unpaired) electrons. The first kappa shape index (κ1) is 24.3. The number of hydrogen-bond acceptors (Lipinski definition) is 7. The molecule has 182 valence electrons. The summed E-state index contributed by atoms with van der Waals surface area (Å²) in [5.74, 6) is 1.62. The summed E-state index contributed by atoms with van der Waals surface area (Å²) < 4.78 is 10.7.